The normalized spacial score (nSPS) is 27.9. The zero-order valence-corrected chi connectivity index (χ0v) is 13.4. The fourth-order valence-electron chi connectivity index (χ4n) is 4.27. The Labute approximate surface area is 141 Å². The molecule has 2 aromatic rings. The van der Waals surface area contributed by atoms with Gasteiger partial charge in [0.05, 0.1) is 11.1 Å². The van der Waals surface area contributed by atoms with Gasteiger partial charge in [0.1, 0.15) is 0 Å². The van der Waals surface area contributed by atoms with Gasteiger partial charge in [0.2, 0.25) is 5.91 Å². The Morgan fingerprint density at radius 2 is 1.71 bits per heavy atom. The van der Waals surface area contributed by atoms with Crippen molar-refractivity contribution in [3.8, 4) is 0 Å². The summed E-state index contributed by atoms with van der Waals surface area (Å²) in [5.74, 6) is 0.769. The number of rotatable bonds is 2. The molecule has 2 atom stereocenters. The van der Waals surface area contributed by atoms with Crippen LogP contribution in [-0.2, 0) is 10.2 Å². The van der Waals surface area contributed by atoms with E-state index in [4.69, 9.17) is 0 Å². The van der Waals surface area contributed by atoms with Gasteiger partial charge >= 0.3 is 0 Å². The second kappa shape index (κ2) is 4.79. The van der Waals surface area contributed by atoms with Crippen molar-refractivity contribution >= 4 is 17.4 Å². The molecule has 0 radical (unpaired) electrons. The maximum atomic E-state index is 13.4. The second-order valence-corrected chi connectivity index (χ2v) is 7.31. The lowest BCUT2D eigenvalue weighted by Gasteiger charge is -2.23. The van der Waals surface area contributed by atoms with Crippen LogP contribution in [0.3, 0.4) is 0 Å². The van der Waals surface area contributed by atoms with E-state index in [1.54, 1.807) is 0 Å². The van der Waals surface area contributed by atoms with Gasteiger partial charge in [0.15, 0.2) is 5.78 Å². The summed E-state index contributed by atoms with van der Waals surface area (Å²) in [5, 5.41) is 0. The molecule has 120 valence electrons. The lowest BCUT2D eigenvalue weighted by atomic mass is 9.85. The maximum Gasteiger partial charge on any atom is 0.230 e. The lowest BCUT2D eigenvalue weighted by Crippen LogP contribution is -2.34. The Balaban J connectivity index is 1.64. The molecule has 2 aliphatic carbocycles. The first kappa shape index (κ1) is 14.0. The smallest absolute Gasteiger partial charge is 0.230 e. The van der Waals surface area contributed by atoms with E-state index in [0.717, 1.165) is 30.5 Å². The van der Waals surface area contributed by atoms with Crippen molar-refractivity contribution in [3.63, 3.8) is 0 Å². The third-order valence-corrected chi connectivity index (χ3v) is 5.83. The zero-order chi connectivity index (χ0) is 16.3. The van der Waals surface area contributed by atoms with Gasteiger partial charge in [-0.2, -0.15) is 0 Å². The molecule has 24 heavy (non-hydrogen) atoms. The number of hydrogen-bond donors (Lipinski definition) is 0. The first-order valence-corrected chi connectivity index (χ1v) is 8.72. The second-order valence-electron chi connectivity index (χ2n) is 7.31. The highest BCUT2D eigenvalue weighted by Gasteiger charge is 2.63. The minimum Gasteiger partial charge on any atom is -0.311 e. The number of Topliss-reactive ketones (excluding diaryl/α,β-unsaturated/α-hetero) is 1. The SMILES string of the molecule is O=C(C1CC1)N1C[C@@H]2C[C@]2(c2ccccc2)C(=O)c2ccccc21. The molecule has 0 unspecified atom stereocenters. The number of carbonyl (C=O) groups excluding carboxylic acids is 2. The summed E-state index contributed by atoms with van der Waals surface area (Å²) in [7, 11) is 0. The summed E-state index contributed by atoms with van der Waals surface area (Å²) in [6.07, 6.45) is 2.82. The minimum atomic E-state index is -0.435. The molecular formula is C21H19NO2. The Bertz CT molecular complexity index is 840. The Morgan fingerprint density at radius 1 is 1.00 bits per heavy atom. The maximum absolute atomic E-state index is 13.4. The summed E-state index contributed by atoms with van der Waals surface area (Å²) in [4.78, 5) is 28.1. The molecule has 1 amide bonds. The largest absolute Gasteiger partial charge is 0.311 e. The number of anilines is 1. The Morgan fingerprint density at radius 3 is 2.46 bits per heavy atom. The molecule has 0 saturated heterocycles. The van der Waals surface area contributed by atoms with Crippen LogP contribution >= 0.6 is 0 Å². The highest BCUT2D eigenvalue weighted by Crippen LogP contribution is 2.59. The van der Waals surface area contributed by atoms with Crippen molar-refractivity contribution in [1.82, 2.24) is 0 Å². The Hall–Kier alpha value is -2.42. The van der Waals surface area contributed by atoms with Gasteiger partial charge in [-0.1, -0.05) is 42.5 Å². The van der Waals surface area contributed by atoms with Crippen molar-refractivity contribution < 1.29 is 9.59 Å². The van der Waals surface area contributed by atoms with Crippen LogP contribution in [-0.4, -0.2) is 18.2 Å². The van der Waals surface area contributed by atoms with Crippen LogP contribution in [0.1, 0.15) is 35.2 Å². The molecule has 0 aromatic heterocycles. The summed E-state index contributed by atoms with van der Waals surface area (Å²) < 4.78 is 0. The van der Waals surface area contributed by atoms with Crippen LogP contribution in [0.25, 0.3) is 0 Å². The van der Waals surface area contributed by atoms with E-state index >= 15 is 0 Å². The van der Waals surface area contributed by atoms with Gasteiger partial charge in [-0.3, -0.25) is 9.59 Å². The van der Waals surface area contributed by atoms with Crippen LogP contribution < -0.4 is 4.90 Å². The summed E-state index contributed by atoms with van der Waals surface area (Å²) in [6, 6.07) is 17.7. The van der Waals surface area contributed by atoms with Crippen molar-refractivity contribution in [1.29, 1.82) is 0 Å². The van der Waals surface area contributed by atoms with Crippen LogP contribution in [0.15, 0.2) is 54.6 Å². The van der Waals surface area contributed by atoms with Crippen molar-refractivity contribution in [3.05, 3.63) is 65.7 Å². The van der Waals surface area contributed by atoms with E-state index in [1.165, 1.54) is 0 Å². The molecule has 2 aromatic carbocycles. The molecular weight excluding hydrogens is 298 g/mol. The van der Waals surface area contributed by atoms with E-state index in [0.29, 0.717) is 12.1 Å². The van der Waals surface area contributed by atoms with Crippen LogP contribution in [0.2, 0.25) is 0 Å². The predicted molar refractivity (Wildman–Crippen MR) is 92.1 cm³/mol. The standard InChI is InChI=1S/C21H19NO2/c23-19-17-8-4-5-9-18(17)22(20(24)14-10-11-14)13-16-12-21(16,19)15-6-2-1-3-7-15/h1-9,14,16H,10-13H2/t16-,21+/m0/s1. The molecule has 0 spiro atoms. The highest BCUT2D eigenvalue weighted by atomic mass is 16.2. The molecule has 3 nitrogen and oxygen atoms in total. The number of para-hydroxylation sites is 1. The van der Waals surface area contributed by atoms with E-state index in [-0.39, 0.29) is 23.5 Å². The highest BCUT2D eigenvalue weighted by molar-refractivity contribution is 6.14. The molecule has 3 aliphatic rings. The summed E-state index contributed by atoms with van der Waals surface area (Å²) in [5.41, 5.74) is 2.17. The molecule has 0 N–H and O–H groups in total. The third kappa shape index (κ3) is 1.84. The fourth-order valence-corrected chi connectivity index (χ4v) is 4.27. The number of ketones is 1. The summed E-state index contributed by atoms with van der Waals surface area (Å²) >= 11 is 0. The van der Waals surface area contributed by atoms with Gasteiger partial charge < -0.3 is 4.90 Å². The predicted octanol–water partition coefficient (Wildman–Crippen LogP) is 3.58. The lowest BCUT2D eigenvalue weighted by molar-refractivity contribution is -0.119. The van der Waals surface area contributed by atoms with E-state index < -0.39 is 5.41 Å². The molecule has 5 rings (SSSR count). The van der Waals surface area contributed by atoms with E-state index in [1.807, 2.05) is 47.4 Å². The Kier molecular flexibility index (Phi) is 2.79. The first-order valence-electron chi connectivity index (χ1n) is 8.72. The first-order chi connectivity index (χ1) is 11.7. The minimum absolute atomic E-state index is 0.163. The monoisotopic (exact) mass is 317 g/mol. The number of benzene rings is 2. The average molecular weight is 317 g/mol. The van der Waals surface area contributed by atoms with Gasteiger partial charge in [0, 0.05) is 18.0 Å². The number of carbonyl (C=O) groups is 2. The topological polar surface area (TPSA) is 37.4 Å². The number of hydrogen-bond acceptors (Lipinski definition) is 2. The number of amides is 1. The quantitative estimate of drug-likeness (QED) is 0.849. The van der Waals surface area contributed by atoms with Crippen LogP contribution in [0.5, 0.6) is 0 Å². The molecule has 0 bridgehead atoms. The summed E-state index contributed by atoms with van der Waals surface area (Å²) in [6.45, 7) is 0.660. The molecule has 1 aliphatic heterocycles. The van der Waals surface area contributed by atoms with E-state index in [9.17, 15) is 9.59 Å². The molecule has 3 heteroatoms. The van der Waals surface area contributed by atoms with Crippen molar-refractivity contribution in [2.45, 2.75) is 24.7 Å². The molecule has 1 heterocycles. The number of nitrogens with zero attached hydrogens (tertiary/aromatic N) is 1. The fraction of sp³-hybridized carbons (Fsp3) is 0.333. The van der Waals surface area contributed by atoms with Crippen molar-refractivity contribution in [2.24, 2.45) is 11.8 Å². The number of fused-ring (bicyclic) bond motifs is 2. The van der Waals surface area contributed by atoms with E-state index in [2.05, 4.69) is 12.1 Å². The third-order valence-electron chi connectivity index (χ3n) is 5.83. The van der Waals surface area contributed by atoms with Gasteiger partial charge in [-0.05, 0) is 42.9 Å². The van der Waals surface area contributed by atoms with Crippen molar-refractivity contribution in [2.75, 3.05) is 11.4 Å². The van der Waals surface area contributed by atoms with Gasteiger partial charge in [-0.25, -0.2) is 0 Å². The molecule has 2 fully saturated rings. The van der Waals surface area contributed by atoms with Crippen LogP contribution in [0.4, 0.5) is 5.69 Å². The van der Waals surface area contributed by atoms with Gasteiger partial charge in [0.25, 0.3) is 0 Å². The zero-order valence-electron chi connectivity index (χ0n) is 13.4. The van der Waals surface area contributed by atoms with Crippen LogP contribution in [0, 0.1) is 11.8 Å². The molecule has 2 saturated carbocycles. The van der Waals surface area contributed by atoms with Gasteiger partial charge in [-0.15, -0.1) is 0 Å². The average Bonchev–Trinajstić information content (AvgIpc) is 3.53.